The van der Waals surface area contributed by atoms with Gasteiger partial charge in [0.2, 0.25) is 0 Å². The summed E-state index contributed by atoms with van der Waals surface area (Å²) in [7, 11) is 1.97. The fourth-order valence-corrected chi connectivity index (χ4v) is 2.45. The molecule has 1 atom stereocenters. The summed E-state index contributed by atoms with van der Waals surface area (Å²) in [5.41, 5.74) is 1.26. The van der Waals surface area contributed by atoms with E-state index in [9.17, 15) is 0 Å². The summed E-state index contributed by atoms with van der Waals surface area (Å²) in [6.45, 7) is 3.29. The van der Waals surface area contributed by atoms with Gasteiger partial charge in [-0.2, -0.15) is 0 Å². The quantitative estimate of drug-likeness (QED) is 0.791. The molecule has 2 N–H and O–H groups in total. The monoisotopic (exact) mass is 263 g/mol. The molecule has 1 aliphatic rings. The van der Waals surface area contributed by atoms with Gasteiger partial charge >= 0.3 is 0 Å². The van der Waals surface area contributed by atoms with Crippen LogP contribution in [-0.2, 0) is 0 Å². The first-order valence-electron chi connectivity index (χ1n) is 7.27. The van der Waals surface area contributed by atoms with Gasteiger partial charge in [0.05, 0.1) is 0 Å². The zero-order valence-electron chi connectivity index (χ0n) is 12.0. The van der Waals surface area contributed by atoms with Gasteiger partial charge in [-0.3, -0.25) is 0 Å². The maximum Gasteiger partial charge on any atom is 0.129 e. The van der Waals surface area contributed by atoms with E-state index < -0.39 is 0 Å². The highest BCUT2D eigenvalue weighted by Crippen LogP contribution is 2.29. The second kappa shape index (κ2) is 6.87. The second-order valence-corrected chi connectivity index (χ2v) is 5.31. The van der Waals surface area contributed by atoms with E-state index in [1.54, 1.807) is 0 Å². The maximum atomic E-state index is 9.06. The van der Waals surface area contributed by atoms with Gasteiger partial charge in [-0.25, -0.2) is 4.98 Å². The van der Waals surface area contributed by atoms with Crippen LogP contribution in [0.15, 0.2) is 18.3 Å². The first-order valence-corrected chi connectivity index (χ1v) is 7.27. The summed E-state index contributed by atoms with van der Waals surface area (Å²) in [6, 6.07) is 5.19. The van der Waals surface area contributed by atoms with Crippen LogP contribution in [-0.4, -0.2) is 36.3 Å². The summed E-state index contributed by atoms with van der Waals surface area (Å²) < 4.78 is 0. The molecule has 1 aliphatic carbocycles. The molecule has 4 heteroatoms. The zero-order valence-corrected chi connectivity index (χ0v) is 12.0. The van der Waals surface area contributed by atoms with Crippen molar-refractivity contribution >= 4 is 5.82 Å². The molecule has 0 saturated heterocycles. The second-order valence-electron chi connectivity index (χ2n) is 5.31. The van der Waals surface area contributed by atoms with Gasteiger partial charge in [0.1, 0.15) is 5.82 Å². The van der Waals surface area contributed by atoms with Crippen molar-refractivity contribution < 1.29 is 5.11 Å². The molecular formula is C15H25N3O. The third kappa shape index (κ3) is 3.45. The number of aromatic nitrogens is 1. The highest BCUT2D eigenvalue weighted by atomic mass is 16.3. The summed E-state index contributed by atoms with van der Waals surface area (Å²) in [4.78, 5) is 6.90. The van der Waals surface area contributed by atoms with Crippen molar-refractivity contribution in [2.75, 3.05) is 25.1 Å². The Kier molecular flexibility index (Phi) is 5.16. The lowest BCUT2D eigenvalue weighted by molar-refractivity contribution is 0.282. The zero-order chi connectivity index (χ0) is 13.7. The Bertz CT molecular complexity index is 393. The Hall–Kier alpha value is -1.13. The smallest absolute Gasteiger partial charge is 0.129 e. The Morgan fingerprint density at radius 1 is 1.53 bits per heavy atom. The van der Waals surface area contributed by atoms with Crippen LogP contribution >= 0.6 is 0 Å². The van der Waals surface area contributed by atoms with Crippen LogP contribution in [0, 0.1) is 0 Å². The van der Waals surface area contributed by atoms with Crippen molar-refractivity contribution in [3.8, 4) is 0 Å². The predicted octanol–water partition coefficient (Wildman–Crippen LogP) is 2.10. The molecule has 0 radical (unpaired) electrons. The van der Waals surface area contributed by atoms with Crippen LogP contribution in [0.2, 0.25) is 0 Å². The number of anilines is 1. The summed E-state index contributed by atoms with van der Waals surface area (Å²) >= 11 is 0. The fourth-order valence-electron chi connectivity index (χ4n) is 2.45. The van der Waals surface area contributed by atoms with Crippen LogP contribution < -0.4 is 10.2 Å². The lowest BCUT2D eigenvalue weighted by Gasteiger charge is -2.38. The fraction of sp³-hybridized carbons (Fsp3) is 0.667. The molecule has 0 amide bonds. The summed E-state index contributed by atoms with van der Waals surface area (Å²) in [5.74, 6) is 1.05. The Balaban J connectivity index is 2.15. The van der Waals surface area contributed by atoms with Gasteiger partial charge in [-0.15, -0.1) is 0 Å². The van der Waals surface area contributed by atoms with Crippen LogP contribution in [0.25, 0.3) is 0 Å². The van der Waals surface area contributed by atoms with Crippen molar-refractivity contribution in [3.63, 3.8) is 0 Å². The first-order chi connectivity index (χ1) is 9.26. The van der Waals surface area contributed by atoms with E-state index in [0.717, 1.165) is 18.8 Å². The minimum atomic E-state index is 0.246. The molecule has 1 saturated carbocycles. The van der Waals surface area contributed by atoms with Crippen molar-refractivity contribution in [3.05, 3.63) is 23.9 Å². The Labute approximate surface area is 115 Å². The van der Waals surface area contributed by atoms with Gasteiger partial charge in [-0.05, 0) is 57.4 Å². The highest BCUT2D eigenvalue weighted by Gasteiger charge is 2.25. The molecule has 1 aromatic heterocycles. The third-order valence-corrected chi connectivity index (χ3v) is 4.07. The number of pyridine rings is 1. The van der Waals surface area contributed by atoms with Crippen LogP contribution in [0.4, 0.5) is 5.82 Å². The molecule has 1 unspecified atom stereocenters. The van der Waals surface area contributed by atoms with Crippen LogP contribution in [0.1, 0.15) is 44.2 Å². The molecular weight excluding hydrogens is 238 g/mol. The number of rotatable bonds is 7. The largest absolute Gasteiger partial charge is 0.396 e. The lowest BCUT2D eigenvalue weighted by atomic mass is 9.91. The van der Waals surface area contributed by atoms with Gasteiger partial charge in [-0.1, -0.05) is 0 Å². The summed E-state index contributed by atoms with van der Waals surface area (Å²) in [6.07, 6.45) is 6.51. The van der Waals surface area contributed by atoms with Crippen LogP contribution in [0.5, 0.6) is 0 Å². The standard InChI is InChI=1S/C15H25N3O/c1-12(16-2)13-7-8-17-15(11-13)18(9-4-10-19)14-5-3-6-14/h7-8,11-12,14,16,19H,3-6,9-10H2,1-2H3. The predicted molar refractivity (Wildman–Crippen MR) is 78.4 cm³/mol. The van der Waals surface area contributed by atoms with Crippen molar-refractivity contribution in [2.45, 2.75) is 44.7 Å². The average Bonchev–Trinajstić information content (AvgIpc) is 2.40. The SMILES string of the molecule is CNC(C)c1ccnc(N(CCCO)C2CCC2)c1. The van der Waals surface area contributed by atoms with E-state index >= 15 is 0 Å². The molecule has 1 aromatic rings. The number of aliphatic hydroxyl groups is 1. The van der Waals surface area contributed by atoms with Crippen molar-refractivity contribution in [1.29, 1.82) is 0 Å². The van der Waals surface area contributed by atoms with Gasteiger partial charge < -0.3 is 15.3 Å². The average molecular weight is 263 g/mol. The number of aliphatic hydroxyl groups excluding tert-OH is 1. The van der Waals surface area contributed by atoms with E-state index in [-0.39, 0.29) is 6.61 Å². The van der Waals surface area contributed by atoms with Crippen molar-refractivity contribution in [1.82, 2.24) is 10.3 Å². The molecule has 0 spiro atoms. The molecule has 19 heavy (non-hydrogen) atoms. The van der Waals surface area contributed by atoms with E-state index in [2.05, 4.69) is 34.3 Å². The molecule has 0 aromatic carbocycles. The lowest BCUT2D eigenvalue weighted by Crippen LogP contribution is -2.41. The molecule has 0 bridgehead atoms. The molecule has 1 fully saturated rings. The van der Waals surface area contributed by atoms with E-state index in [4.69, 9.17) is 5.11 Å². The van der Waals surface area contributed by atoms with Gasteiger partial charge in [0, 0.05) is 31.4 Å². The minimum Gasteiger partial charge on any atom is -0.396 e. The normalized spacial score (nSPS) is 17.0. The maximum absolute atomic E-state index is 9.06. The summed E-state index contributed by atoms with van der Waals surface area (Å²) in [5, 5.41) is 12.3. The van der Waals surface area contributed by atoms with E-state index in [1.807, 2.05) is 13.2 Å². The third-order valence-electron chi connectivity index (χ3n) is 4.07. The number of hydrogen-bond acceptors (Lipinski definition) is 4. The molecule has 106 valence electrons. The highest BCUT2D eigenvalue weighted by molar-refractivity contribution is 5.43. The first kappa shape index (κ1) is 14.3. The molecule has 4 nitrogen and oxygen atoms in total. The molecule has 2 rings (SSSR count). The molecule has 0 aliphatic heterocycles. The Morgan fingerprint density at radius 2 is 2.32 bits per heavy atom. The Morgan fingerprint density at radius 3 is 2.89 bits per heavy atom. The topological polar surface area (TPSA) is 48.4 Å². The van der Waals surface area contributed by atoms with E-state index in [1.165, 1.54) is 24.8 Å². The molecule has 1 heterocycles. The van der Waals surface area contributed by atoms with Crippen LogP contribution in [0.3, 0.4) is 0 Å². The number of hydrogen-bond donors (Lipinski definition) is 2. The minimum absolute atomic E-state index is 0.246. The van der Waals surface area contributed by atoms with Gasteiger partial charge in [0.15, 0.2) is 0 Å². The number of nitrogens with zero attached hydrogens (tertiary/aromatic N) is 2. The van der Waals surface area contributed by atoms with Crippen molar-refractivity contribution in [2.24, 2.45) is 0 Å². The number of nitrogens with one attached hydrogen (secondary N) is 1. The van der Waals surface area contributed by atoms with Gasteiger partial charge in [0.25, 0.3) is 0 Å². The van der Waals surface area contributed by atoms with E-state index in [0.29, 0.717) is 12.1 Å².